The minimum absolute atomic E-state index is 0.364. The minimum Gasteiger partial charge on any atom is -0.491 e. The van der Waals surface area contributed by atoms with Crippen LogP contribution in [0.3, 0.4) is 0 Å². The molecule has 0 atom stereocenters. The van der Waals surface area contributed by atoms with E-state index < -0.39 is 42.4 Å². The van der Waals surface area contributed by atoms with Crippen molar-refractivity contribution in [2.45, 2.75) is 19.2 Å². The van der Waals surface area contributed by atoms with E-state index in [-0.39, 0.29) is 5.69 Å². The van der Waals surface area contributed by atoms with Crippen LogP contribution in [0, 0.1) is 0 Å². The molecule has 1 aromatic rings. The Morgan fingerprint density at radius 2 is 1.95 bits per heavy atom. The number of carbonyl (C=O) groups excluding carboxylic acids is 1. The minimum atomic E-state index is -5.11. The lowest BCUT2D eigenvalue weighted by atomic mass is 10.2. The molecule has 10 heteroatoms. The molecule has 1 aromatic heterocycles. The molecule has 0 aliphatic heterocycles. The molecule has 0 fully saturated rings. The Bertz CT molecular complexity index is 518. The highest BCUT2D eigenvalue weighted by Crippen LogP contribution is 2.38. The molecule has 0 aliphatic carbocycles. The Balaban J connectivity index is 3.33. The fraction of sp³-hybridized carbons (Fsp3) is 0.455. The molecule has 118 valence electrons. The number of halogens is 5. The monoisotopic (exact) mass is 315 g/mol. The molecule has 1 rings (SSSR count). The van der Waals surface area contributed by atoms with Crippen molar-refractivity contribution in [3.8, 4) is 11.5 Å². The fourth-order valence-electron chi connectivity index (χ4n) is 1.45. The van der Waals surface area contributed by atoms with Crippen molar-refractivity contribution in [3.05, 3.63) is 17.5 Å². The van der Waals surface area contributed by atoms with Crippen LogP contribution in [0.2, 0.25) is 0 Å². The van der Waals surface area contributed by atoms with Gasteiger partial charge in [0.05, 0.1) is 26.3 Å². The van der Waals surface area contributed by atoms with E-state index in [0.29, 0.717) is 6.07 Å². The van der Waals surface area contributed by atoms with Crippen LogP contribution in [0.4, 0.5) is 22.0 Å². The van der Waals surface area contributed by atoms with Gasteiger partial charge in [0.15, 0.2) is 17.2 Å². The van der Waals surface area contributed by atoms with Crippen LogP contribution in [0.25, 0.3) is 0 Å². The van der Waals surface area contributed by atoms with E-state index in [1.165, 1.54) is 0 Å². The van der Waals surface area contributed by atoms with Gasteiger partial charge in [0.2, 0.25) is 0 Å². The molecule has 0 spiro atoms. The number of ether oxygens (including phenoxy) is 3. The van der Waals surface area contributed by atoms with E-state index in [9.17, 15) is 26.7 Å². The Kier molecular flexibility index (Phi) is 5.28. The third-order valence-electron chi connectivity index (χ3n) is 2.21. The maximum Gasteiger partial charge on any atom is 0.573 e. The molecule has 0 aromatic carbocycles. The Morgan fingerprint density at radius 1 is 1.33 bits per heavy atom. The molecule has 0 amide bonds. The van der Waals surface area contributed by atoms with Gasteiger partial charge in [-0.2, -0.15) is 0 Å². The number of methoxy groups -OCH3 is 2. The van der Waals surface area contributed by atoms with Crippen molar-refractivity contribution in [1.29, 1.82) is 0 Å². The number of alkyl halides is 5. The van der Waals surface area contributed by atoms with E-state index in [1.807, 2.05) is 0 Å². The molecule has 0 N–H and O–H groups in total. The standard InChI is InChI=1S/C11H10F5NO4/c1-19-7(18)4-5-3-6(21-11(14,15)16)9(20-2)8(17-5)10(12)13/h3,10H,4H2,1-2H3. The Hall–Kier alpha value is -2.13. The number of carbonyl (C=O) groups is 1. The van der Waals surface area contributed by atoms with Crippen LogP contribution >= 0.6 is 0 Å². The smallest absolute Gasteiger partial charge is 0.491 e. The van der Waals surface area contributed by atoms with Gasteiger partial charge in [-0.15, -0.1) is 13.2 Å². The number of esters is 1. The van der Waals surface area contributed by atoms with E-state index >= 15 is 0 Å². The normalized spacial score (nSPS) is 11.4. The van der Waals surface area contributed by atoms with Gasteiger partial charge in [-0.3, -0.25) is 4.79 Å². The van der Waals surface area contributed by atoms with E-state index in [2.05, 4.69) is 19.2 Å². The molecule has 0 bridgehead atoms. The zero-order valence-electron chi connectivity index (χ0n) is 10.8. The van der Waals surface area contributed by atoms with Crippen LogP contribution in [-0.4, -0.2) is 31.5 Å². The average Bonchev–Trinajstić information content (AvgIpc) is 2.36. The first kappa shape index (κ1) is 16.9. The first-order valence-electron chi connectivity index (χ1n) is 5.36. The summed E-state index contributed by atoms with van der Waals surface area (Å²) in [6.07, 6.45) is -8.92. The third kappa shape index (κ3) is 4.72. The third-order valence-corrected chi connectivity index (χ3v) is 2.21. The Morgan fingerprint density at radius 3 is 2.38 bits per heavy atom. The molecule has 5 nitrogen and oxygen atoms in total. The molecule has 0 saturated carbocycles. The summed E-state index contributed by atoms with van der Waals surface area (Å²) in [6.45, 7) is 0. The summed E-state index contributed by atoms with van der Waals surface area (Å²) in [5.41, 5.74) is -1.42. The molecule has 0 unspecified atom stereocenters. The van der Waals surface area contributed by atoms with Crippen molar-refractivity contribution >= 4 is 5.97 Å². The summed E-state index contributed by atoms with van der Waals surface area (Å²) >= 11 is 0. The fourth-order valence-corrected chi connectivity index (χ4v) is 1.45. The van der Waals surface area contributed by atoms with E-state index in [0.717, 1.165) is 14.2 Å². The zero-order valence-corrected chi connectivity index (χ0v) is 10.8. The number of pyridine rings is 1. The summed E-state index contributed by atoms with van der Waals surface area (Å²) in [5, 5.41) is 0. The molecular weight excluding hydrogens is 305 g/mol. The van der Waals surface area contributed by atoms with Crippen LogP contribution in [0.15, 0.2) is 6.07 Å². The maximum absolute atomic E-state index is 12.8. The lowest BCUT2D eigenvalue weighted by Crippen LogP contribution is -2.19. The van der Waals surface area contributed by atoms with Gasteiger partial charge in [-0.25, -0.2) is 13.8 Å². The number of hydrogen-bond acceptors (Lipinski definition) is 5. The molecule has 0 saturated heterocycles. The predicted molar refractivity (Wildman–Crippen MR) is 58.1 cm³/mol. The SMILES string of the molecule is COC(=O)Cc1cc(OC(F)(F)F)c(OC)c(C(F)F)n1. The summed E-state index contributed by atoms with van der Waals surface area (Å²) in [7, 11) is 1.93. The summed E-state index contributed by atoms with van der Waals surface area (Å²) in [5.74, 6) is -2.71. The lowest BCUT2D eigenvalue weighted by molar-refractivity contribution is -0.275. The Labute approximate surface area is 115 Å². The average molecular weight is 315 g/mol. The molecule has 1 heterocycles. The highest BCUT2D eigenvalue weighted by Gasteiger charge is 2.34. The molecular formula is C11H10F5NO4. The largest absolute Gasteiger partial charge is 0.573 e. The van der Waals surface area contributed by atoms with Crippen molar-refractivity contribution in [1.82, 2.24) is 4.98 Å². The van der Waals surface area contributed by atoms with Crippen molar-refractivity contribution in [3.63, 3.8) is 0 Å². The van der Waals surface area contributed by atoms with Gasteiger partial charge in [0.1, 0.15) is 0 Å². The quantitative estimate of drug-likeness (QED) is 0.617. The van der Waals surface area contributed by atoms with Crippen LogP contribution in [0.1, 0.15) is 17.8 Å². The van der Waals surface area contributed by atoms with Gasteiger partial charge >= 0.3 is 12.3 Å². The van der Waals surface area contributed by atoms with Crippen molar-refractivity contribution in [2.24, 2.45) is 0 Å². The summed E-state index contributed by atoms with van der Waals surface area (Å²) in [6, 6.07) is 0.690. The van der Waals surface area contributed by atoms with Crippen LogP contribution in [0.5, 0.6) is 11.5 Å². The van der Waals surface area contributed by atoms with Gasteiger partial charge in [-0.1, -0.05) is 0 Å². The lowest BCUT2D eigenvalue weighted by Gasteiger charge is -2.16. The predicted octanol–water partition coefficient (Wildman–Crippen LogP) is 2.64. The van der Waals surface area contributed by atoms with Gasteiger partial charge in [0, 0.05) is 6.07 Å². The van der Waals surface area contributed by atoms with Gasteiger partial charge in [0.25, 0.3) is 6.43 Å². The van der Waals surface area contributed by atoms with Gasteiger partial charge in [-0.05, 0) is 0 Å². The van der Waals surface area contributed by atoms with Gasteiger partial charge < -0.3 is 14.2 Å². The number of rotatable bonds is 5. The van der Waals surface area contributed by atoms with Crippen molar-refractivity contribution < 1.29 is 41.0 Å². The summed E-state index contributed by atoms with van der Waals surface area (Å²) < 4.78 is 74.9. The van der Waals surface area contributed by atoms with Crippen LogP contribution in [-0.2, 0) is 16.0 Å². The topological polar surface area (TPSA) is 57.7 Å². The van der Waals surface area contributed by atoms with Crippen LogP contribution < -0.4 is 9.47 Å². The van der Waals surface area contributed by atoms with E-state index in [4.69, 9.17) is 0 Å². The maximum atomic E-state index is 12.8. The number of aromatic nitrogens is 1. The first-order chi connectivity index (χ1) is 9.67. The summed E-state index contributed by atoms with van der Waals surface area (Å²) in [4.78, 5) is 14.5. The van der Waals surface area contributed by atoms with Crippen molar-refractivity contribution in [2.75, 3.05) is 14.2 Å². The highest BCUT2D eigenvalue weighted by atomic mass is 19.4. The number of hydrogen-bond donors (Lipinski definition) is 0. The van der Waals surface area contributed by atoms with E-state index in [1.54, 1.807) is 0 Å². The second kappa shape index (κ2) is 6.55. The molecule has 0 radical (unpaired) electrons. The second-order valence-electron chi connectivity index (χ2n) is 3.63. The number of nitrogens with zero attached hydrogens (tertiary/aromatic N) is 1. The molecule has 21 heavy (non-hydrogen) atoms. The first-order valence-corrected chi connectivity index (χ1v) is 5.36. The highest BCUT2D eigenvalue weighted by molar-refractivity contribution is 5.72. The zero-order chi connectivity index (χ0) is 16.2. The molecule has 0 aliphatic rings. The second-order valence-corrected chi connectivity index (χ2v) is 3.63.